The maximum atomic E-state index is 4.07. The second-order valence-electron chi connectivity index (χ2n) is 2.08. The molecule has 11 heavy (non-hydrogen) atoms. The zero-order valence-corrected chi connectivity index (χ0v) is 6.42. The molecular formula is C8H6ArN2. The Hall–Kier alpha value is -0.180. The Bertz CT molecular complexity index is 283. The molecule has 0 saturated heterocycles. The van der Waals surface area contributed by atoms with Gasteiger partial charge in [0.25, 0.3) is 0 Å². The van der Waals surface area contributed by atoms with Crippen LogP contribution in [0.1, 0.15) is 0 Å². The first-order valence-corrected chi connectivity index (χ1v) is 3.11. The number of fused-ring (bicyclic) bond motifs is 1. The van der Waals surface area contributed by atoms with Crippen LogP contribution in [0.15, 0.2) is 36.8 Å². The van der Waals surface area contributed by atoms with Gasteiger partial charge in [-0.2, -0.15) is 0 Å². The number of hydrogen-bond donors (Lipinski definition) is 0. The van der Waals surface area contributed by atoms with Gasteiger partial charge >= 0.3 is 0 Å². The SMILES string of the molecule is [Ar].c1ccc2ncncc2c1. The average molecular weight is 170 g/mol. The Kier molecular flexibility index (Phi) is 3.24. The molecule has 2 aromatic rings. The Labute approximate surface area is 94.7 Å². The van der Waals surface area contributed by atoms with Crippen LogP contribution in [-0.4, -0.2) is 9.97 Å². The van der Waals surface area contributed by atoms with Gasteiger partial charge in [-0.3, -0.25) is 0 Å². The summed E-state index contributed by atoms with van der Waals surface area (Å²) in [6.45, 7) is 0. The third-order valence-corrected chi connectivity index (χ3v) is 1.41. The van der Waals surface area contributed by atoms with E-state index in [9.17, 15) is 0 Å². The van der Waals surface area contributed by atoms with Gasteiger partial charge in [-0.1, -0.05) is 18.2 Å². The number of hydrogen-bond acceptors (Lipinski definition) is 2. The predicted molar refractivity (Wildman–Crippen MR) is 39.5 cm³/mol. The molecule has 0 saturated carbocycles. The van der Waals surface area contributed by atoms with Gasteiger partial charge in [-0.15, -0.1) is 0 Å². The van der Waals surface area contributed by atoms with E-state index in [4.69, 9.17) is 0 Å². The maximum absolute atomic E-state index is 4.07. The van der Waals surface area contributed by atoms with Crippen molar-refractivity contribution in [3.05, 3.63) is 36.8 Å². The van der Waals surface area contributed by atoms with Gasteiger partial charge in [-0.25, -0.2) is 9.97 Å². The first kappa shape index (κ1) is 8.91. The van der Waals surface area contributed by atoms with Crippen molar-refractivity contribution in [1.82, 2.24) is 9.97 Å². The van der Waals surface area contributed by atoms with E-state index in [0.717, 1.165) is 10.9 Å². The molecule has 0 N–H and O–H groups in total. The van der Waals surface area contributed by atoms with Crippen LogP contribution in [0, 0.1) is 37.7 Å². The van der Waals surface area contributed by atoms with E-state index in [-0.39, 0.29) is 37.7 Å². The van der Waals surface area contributed by atoms with Gasteiger partial charge in [0.05, 0.1) is 5.52 Å². The van der Waals surface area contributed by atoms with Crippen LogP contribution in [0.3, 0.4) is 0 Å². The van der Waals surface area contributed by atoms with Gasteiger partial charge in [0.2, 0.25) is 0 Å². The fourth-order valence-corrected chi connectivity index (χ4v) is 0.923. The smallest absolute Gasteiger partial charge is 0.116 e. The van der Waals surface area contributed by atoms with Crippen LogP contribution in [-0.2, 0) is 0 Å². The number of para-hydroxylation sites is 1. The van der Waals surface area contributed by atoms with Crippen LogP contribution >= 0.6 is 0 Å². The van der Waals surface area contributed by atoms with Crippen LogP contribution in [0.2, 0.25) is 0 Å². The number of rotatable bonds is 0. The molecule has 0 aliphatic carbocycles. The van der Waals surface area contributed by atoms with Gasteiger partial charge < -0.3 is 0 Å². The van der Waals surface area contributed by atoms with E-state index in [1.165, 1.54) is 0 Å². The van der Waals surface area contributed by atoms with Crippen molar-refractivity contribution in [1.29, 1.82) is 0 Å². The van der Waals surface area contributed by atoms with Crippen LogP contribution < -0.4 is 0 Å². The van der Waals surface area contributed by atoms with Crippen LogP contribution in [0.4, 0.5) is 0 Å². The van der Waals surface area contributed by atoms with Crippen molar-refractivity contribution in [2.45, 2.75) is 0 Å². The minimum atomic E-state index is 0. The molecule has 56 valence electrons. The zero-order chi connectivity index (χ0) is 6.81. The molecule has 0 aliphatic heterocycles. The monoisotopic (exact) mass is 170 g/mol. The molecule has 2 nitrogen and oxygen atoms in total. The van der Waals surface area contributed by atoms with Crippen molar-refractivity contribution >= 4 is 10.9 Å². The first-order chi connectivity index (χ1) is 4.97. The molecule has 0 amide bonds. The maximum Gasteiger partial charge on any atom is 0.116 e. The van der Waals surface area contributed by atoms with E-state index in [0.29, 0.717) is 0 Å². The molecule has 0 spiro atoms. The molecular weight excluding hydrogens is 164 g/mol. The summed E-state index contributed by atoms with van der Waals surface area (Å²) in [5.41, 5.74) is 0.998. The molecule has 1 aromatic carbocycles. The summed E-state index contributed by atoms with van der Waals surface area (Å²) in [5.74, 6) is 0. The van der Waals surface area contributed by atoms with E-state index in [1.54, 1.807) is 6.33 Å². The number of benzene rings is 1. The number of nitrogens with zero attached hydrogens (tertiary/aromatic N) is 2. The van der Waals surface area contributed by atoms with E-state index in [1.807, 2.05) is 30.5 Å². The summed E-state index contributed by atoms with van der Waals surface area (Å²) >= 11 is 0. The zero-order valence-electron chi connectivity index (χ0n) is 5.71. The van der Waals surface area contributed by atoms with E-state index < -0.39 is 0 Å². The molecule has 1 heterocycles. The Morgan fingerprint density at radius 3 is 2.73 bits per heavy atom. The van der Waals surface area contributed by atoms with Crippen molar-refractivity contribution in [2.75, 3.05) is 0 Å². The Morgan fingerprint density at radius 2 is 1.91 bits per heavy atom. The fraction of sp³-hybridized carbons (Fsp3) is 0. The molecule has 0 radical (unpaired) electrons. The summed E-state index contributed by atoms with van der Waals surface area (Å²) < 4.78 is 0. The van der Waals surface area contributed by atoms with Crippen molar-refractivity contribution in [2.24, 2.45) is 0 Å². The van der Waals surface area contributed by atoms with Gasteiger partial charge in [0.1, 0.15) is 6.33 Å². The van der Waals surface area contributed by atoms with E-state index >= 15 is 0 Å². The Balaban J connectivity index is 0.000000605. The summed E-state index contributed by atoms with van der Waals surface area (Å²) in [4.78, 5) is 7.97. The minimum absolute atomic E-state index is 0. The van der Waals surface area contributed by atoms with E-state index in [2.05, 4.69) is 9.97 Å². The topological polar surface area (TPSA) is 25.8 Å². The van der Waals surface area contributed by atoms with Crippen molar-refractivity contribution < 1.29 is 37.7 Å². The normalized spacial score (nSPS) is 9.09. The minimum Gasteiger partial charge on any atom is -0.244 e. The largest absolute Gasteiger partial charge is 0.244 e. The van der Waals surface area contributed by atoms with Crippen LogP contribution in [0.5, 0.6) is 0 Å². The van der Waals surface area contributed by atoms with Crippen LogP contribution in [0.25, 0.3) is 10.9 Å². The predicted octanol–water partition coefficient (Wildman–Crippen LogP) is 1.63. The molecule has 0 bridgehead atoms. The fourth-order valence-electron chi connectivity index (χ4n) is 0.923. The molecule has 0 fully saturated rings. The summed E-state index contributed by atoms with van der Waals surface area (Å²) in [6.07, 6.45) is 3.37. The second-order valence-corrected chi connectivity index (χ2v) is 2.08. The van der Waals surface area contributed by atoms with Gasteiger partial charge in [0, 0.05) is 49.3 Å². The molecule has 0 aliphatic rings. The summed E-state index contributed by atoms with van der Waals surface area (Å²) in [5, 5.41) is 1.09. The Morgan fingerprint density at radius 1 is 1.09 bits per heavy atom. The first-order valence-electron chi connectivity index (χ1n) is 3.11. The summed E-state index contributed by atoms with van der Waals surface area (Å²) in [6, 6.07) is 7.91. The molecule has 2 rings (SSSR count). The molecule has 0 unspecified atom stereocenters. The van der Waals surface area contributed by atoms with Gasteiger partial charge in [0.15, 0.2) is 0 Å². The third kappa shape index (κ3) is 1.89. The number of aromatic nitrogens is 2. The van der Waals surface area contributed by atoms with Crippen molar-refractivity contribution in [3.63, 3.8) is 0 Å². The molecule has 3 heteroatoms. The average Bonchev–Trinajstić information content (AvgIpc) is 2.05. The quantitative estimate of drug-likeness (QED) is 0.600. The van der Waals surface area contributed by atoms with Crippen molar-refractivity contribution in [3.8, 4) is 0 Å². The standard InChI is InChI=1S/C8H6N2.Ar/c1-2-4-8-7(3-1)5-9-6-10-8;/h1-6H;. The third-order valence-electron chi connectivity index (χ3n) is 1.41. The summed E-state index contributed by atoms with van der Waals surface area (Å²) in [7, 11) is 0. The molecule has 1 aromatic heterocycles. The second kappa shape index (κ2) is 4.00. The van der Waals surface area contributed by atoms with Gasteiger partial charge in [-0.05, 0) is 6.07 Å². The molecule has 0 atom stereocenters.